The Hall–Kier alpha value is -2.41. The Labute approximate surface area is 147 Å². The summed E-state index contributed by atoms with van der Waals surface area (Å²) in [5, 5.41) is 9.47. The molecule has 1 fully saturated rings. The Morgan fingerprint density at radius 2 is 1.81 bits per heavy atom. The summed E-state index contributed by atoms with van der Waals surface area (Å²) in [5.41, 5.74) is 0.0895. The second-order valence-electron chi connectivity index (χ2n) is 6.31. The van der Waals surface area contributed by atoms with Gasteiger partial charge >= 0.3 is 12.1 Å². The number of nitrogens with zero attached hydrogens (tertiary/aromatic N) is 1. The van der Waals surface area contributed by atoms with Crippen molar-refractivity contribution in [3.63, 3.8) is 0 Å². The number of alkyl halides is 3. The molecular formula is C19H17F4NO2. The third kappa shape index (κ3) is 3.72. The van der Waals surface area contributed by atoms with Crippen LogP contribution < -0.4 is 0 Å². The molecule has 2 aromatic carbocycles. The molecule has 2 aromatic rings. The van der Waals surface area contributed by atoms with Crippen LogP contribution in [0.1, 0.15) is 35.6 Å². The first kappa shape index (κ1) is 18.4. The van der Waals surface area contributed by atoms with Gasteiger partial charge < -0.3 is 5.11 Å². The molecule has 0 aliphatic carbocycles. The number of likely N-dealkylation sites (tertiary alicyclic amines) is 1. The van der Waals surface area contributed by atoms with Crippen LogP contribution in [-0.4, -0.2) is 28.6 Å². The summed E-state index contributed by atoms with van der Waals surface area (Å²) in [6.45, 7) is 0.440. The number of carboxylic acid groups (broad SMARTS) is 1. The normalized spacial score (nSPS) is 19.5. The predicted molar refractivity (Wildman–Crippen MR) is 87.1 cm³/mol. The lowest BCUT2D eigenvalue weighted by atomic mass is 9.94. The van der Waals surface area contributed by atoms with Gasteiger partial charge in [0.2, 0.25) is 0 Å². The van der Waals surface area contributed by atoms with Crippen LogP contribution in [0, 0.1) is 5.82 Å². The Morgan fingerprint density at radius 3 is 2.42 bits per heavy atom. The van der Waals surface area contributed by atoms with E-state index in [1.807, 2.05) is 0 Å². The number of hydrogen-bond acceptors (Lipinski definition) is 2. The molecule has 138 valence electrons. The maximum Gasteiger partial charge on any atom is 0.416 e. The van der Waals surface area contributed by atoms with E-state index in [-0.39, 0.29) is 0 Å². The molecule has 1 aliphatic rings. The van der Waals surface area contributed by atoms with E-state index in [9.17, 15) is 27.5 Å². The quantitative estimate of drug-likeness (QED) is 0.810. The molecule has 26 heavy (non-hydrogen) atoms. The monoisotopic (exact) mass is 367 g/mol. The van der Waals surface area contributed by atoms with Crippen LogP contribution in [0.3, 0.4) is 0 Å². The molecule has 0 radical (unpaired) electrons. The van der Waals surface area contributed by atoms with Crippen molar-refractivity contribution < 1.29 is 27.5 Å². The van der Waals surface area contributed by atoms with E-state index >= 15 is 0 Å². The van der Waals surface area contributed by atoms with Crippen LogP contribution in [0.25, 0.3) is 0 Å². The SMILES string of the molecule is O=C(O)C1CCCN1C(c1ccc(F)cc1)c1cccc(C(F)(F)F)c1. The number of benzene rings is 2. The zero-order valence-corrected chi connectivity index (χ0v) is 13.7. The Morgan fingerprint density at radius 1 is 1.12 bits per heavy atom. The molecule has 3 nitrogen and oxygen atoms in total. The molecule has 7 heteroatoms. The molecule has 0 spiro atoms. The van der Waals surface area contributed by atoms with Crippen LogP contribution in [0.4, 0.5) is 17.6 Å². The molecule has 3 rings (SSSR count). The molecular weight excluding hydrogens is 350 g/mol. The highest BCUT2D eigenvalue weighted by Crippen LogP contribution is 2.37. The van der Waals surface area contributed by atoms with Gasteiger partial charge in [-0.3, -0.25) is 9.69 Å². The third-order valence-electron chi connectivity index (χ3n) is 4.63. The van der Waals surface area contributed by atoms with Crippen LogP contribution in [0.2, 0.25) is 0 Å². The highest BCUT2D eigenvalue weighted by Gasteiger charge is 2.38. The first-order valence-electron chi connectivity index (χ1n) is 8.18. The van der Waals surface area contributed by atoms with E-state index in [2.05, 4.69) is 0 Å². The number of aliphatic carboxylic acids is 1. The molecule has 0 bridgehead atoms. The van der Waals surface area contributed by atoms with Gasteiger partial charge in [-0.25, -0.2) is 4.39 Å². The van der Waals surface area contributed by atoms with E-state index in [4.69, 9.17) is 0 Å². The van der Waals surface area contributed by atoms with Crippen molar-refractivity contribution in [3.05, 3.63) is 71.0 Å². The zero-order valence-electron chi connectivity index (χ0n) is 13.7. The number of rotatable bonds is 4. The highest BCUT2D eigenvalue weighted by molar-refractivity contribution is 5.74. The third-order valence-corrected chi connectivity index (χ3v) is 4.63. The number of halogens is 4. The molecule has 0 saturated carbocycles. The van der Waals surface area contributed by atoms with Crippen molar-refractivity contribution in [1.29, 1.82) is 0 Å². The number of hydrogen-bond donors (Lipinski definition) is 1. The standard InChI is InChI=1S/C19H17F4NO2/c20-15-8-6-12(7-9-15)17(24-10-2-5-16(24)18(25)26)13-3-1-4-14(11-13)19(21,22)23/h1,3-4,6-9,11,16-17H,2,5,10H2,(H,25,26). The van der Waals surface area contributed by atoms with Gasteiger partial charge in [0.1, 0.15) is 11.9 Å². The van der Waals surface area contributed by atoms with Gasteiger partial charge in [0.15, 0.2) is 0 Å². The lowest BCUT2D eigenvalue weighted by molar-refractivity contribution is -0.143. The minimum Gasteiger partial charge on any atom is -0.480 e. The molecule has 1 N–H and O–H groups in total. The Bertz CT molecular complexity index is 789. The molecule has 1 saturated heterocycles. The van der Waals surface area contributed by atoms with Crippen molar-refractivity contribution in [2.75, 3.05) is 6.54 Å². The average Bonchev–Trinajstić information content (AvgIpc) is 3.06. The van der Waals surface area contributed by atoms with E-state index in [0.717, 1.165) is 12.1 Å². The van der Waals surface area contributed by atoms with Gasteiger partial charge in [-0.15, -0.1) is 0 Å². The minimum atomic E-state index is -4.50. The van der Waals surface area contributed by atoms with Crippen molar-refractivity contribution in [1.82, 2.24) is 4.90 Å². The fraction of sp³-hybridized carbons (Fsp3) is 0.316. The first-order chi connectivity index (χ1) is 12.3. The second kappa shape index (κ2) is 7.07. The topological polar surface area (TPSA) is 40.5 Å². The summed E-state index contributed by atoms with van der Waals surface area (Å²) in [6, 6.07) is 8.79. The van der Waals surface area contributed by atoms with Crippen LogP contribution in [0.5, 0.6) is 0 Å². The Kier molecular flexibility index (Phi) is 5.00. The van der Waals surface area contributed by atoms with Crippen molar-refractivity contribution in [2.45, 2.75) is 31.1 Å². The smallest absolute Gasteiger partial charge is 0.416 e. The molecule has 2 unspecified atom stereocenters. The Balaban J connectivity index is 2.09. The molecule has 1 heterocycles. The summed E-state index contributed by atoms with van der Waals surface area (Å²) in [5.74, 6) is -1.48. The summed E-state index contributed by atoms with van der Waals surface area (Å²) in [4.78, 5) is 13.2. The summed E-state index contributed by atoms with van der Waals surface area (Å²) in [6.07, 6.45) is -3.44. The molecule has 1 aliphatic heterocycles. The average molecular weight is 367 g/mol. The maximum atomic E-state index is 13.3. The predicted octanol–water partition coefficient (Wildman–Crippen LogP) is 4.48. The highest BCUT2D eigenvalue weighted by atomic mass is 19.4. The van der Waals surface area contributed by atoms with Crippen LogP contribution in [-0.2, 0) is 11.0 Å². The van der Waals surface area contributed by atoms with Gasteiger partial charge in [-0.1, -0.05) is 24.3 Å². The lowest BCUT2D eigenvalue weighted by Gasteiger charge is -2.32. The molecule has 0 aromatic heterocycles. The zero-order chi connectivity index (χ0) is 18.9. The van der Waals surface area contributed by atoms with E-state index in [0.29, 0.717) is 30.5 Å². The molecule has 0 amide bonds. The van der Waals surface area contributed by atoms with E-state index < -0.39 is 35.6 Å². The van der Waals surface area contributed by atoms with Crippen molar-refractivity contribution in [3.8, 4) is 0 Å². The summed E-state index contributed by atoms with van der Waals surface area (Å²) >= 11 is 0. The first-order valence-corrected chi connectivity index (χ1v) is 8.18. The molecule has 2 atom stereocenters. The maximum absolute atomic E-state index is 13.3. The van der Waals surface area contributed by atoms with E-state index in [1.165, 1.54) is 30.3 Å². The number of carbonyl (C=O) groups is 1. The van der Waals surface area contributed by atoms with Crippen molar-refractivity contribution >= 4 is 5.97 Å². The summed E-state index contributed by atoms with van der Waals surface area (Å²) < 4.78 is 52.6. The van der Waals surface area contributed by atoms with Crippen molar-refractivity contribution in [2.24, 2.45) is 0 Å². The van der Waals surface area contributed by atoms with Gasteiger partial charge in [-0.05, 0) is 48.2 Å². The van der Waals surface area contributed by atoms with Gasteiger partial charge in [0.25, 0.3) is 0 Å². The second-order valence-corrected chi connectivity index (χ2v) is 6.31. The number of carboxylic acids is 1. The minimum absolute atomic E-state index is 0.333. The van der Waals surface area contributed by atoms with Gasteiger partial charge in [0.05, 0.1) is 11.6 Å². The van der Waals surface area contributed by atoms with Gasteiger partial charge in [0, 0.05) is 6.54 Å². The summed E-state index contributed by atoms with van der Waals surface area (Å²) in [7, 11) is 0. The fourth-order valence-electron chi connectivity index (χ4n) is 3.47. The van der Waals surface area contributed by atoms with E-state index in [1.54, 1.807) is 11.0 Å². The van der Waals surface area contributed by atoms with Crippen LogP contribution >= 0.6 is 0 Å². The lowest BCUT2D eigenvalue weighted by Crippen LogP contribution is -2.39. The van der Waals surface area contributed by atoms with Gasteiger partial charge in [-0.2, -0.15) is 13.2 Å². The fourth-order valence-corrected chi connectivity index (χ4v) is 3.47. The largest absolute Gasteiger partial charge is 0.480 e. The van der Waals surface area contributed by atoms with Crippen LogP contribution in [0.15, 0.2) is 48.5 Å².